The van der Waals surface area contributed by atoms with Crippen molar-refractivity contribution < 1.29 is 5.11 Å². The Morgan fingerprint density at radius 2 is 1.90 bits per heavy atom. The van der Waals surface area contributed by atoms with Crippen molar-refractivity contribution in [2.24, 2.45) is 11.8 Å². The molecule has 1 aromatic carbocycles. The van der Waals surface area contributed by atoms with Crippen LogP contribution in [0.2, 0.25) is 0 Å². The second-order valence-electron chi connectivity index (χ2n) is 5.62. The van der Waals surface area contributed by atoms with Crippen LogP contribution in [0.15, 0.2) is 30.3 Å². The van der Waals surface area contributed by atoms with Gasteiger partial charge in [0.15, 0.2) is 0 Å². The fourth-order valence-corrected chi connectivity index (χ4v) is 3.06. The van der Waals surface area contributed by atoms with Crippen molar-refractivity contribution in [3.8, 4) is 5.69 Å². The molecule has 2 aromatic rings. The number of anilines is 1. The summed E-state index contributed by atoms with van der Waals surface area (Å²) in [5, 5.41) is 24.7. The van der Waals surface area contributed by atoms with Crippen LogP contribution in [0.3, 0.4) is 0 Å². The smallest absolute Gasteiger partial charge is 0.247 e. The first-order valence-electron chi connectivity index (χ1n) is 7.57. The zero-order valence-corrected chi connectivity index (χ0v) is 12.0. The van der Waals surface area contributed by atoms with Crippen LogP contribution in [0.5, 0.6) is 0 Å². The quantitative estimate of drug-likeness (QED) is 0.878. The van der Waals surface area contributed by atoms with E-state index in [0.717, 1.165) is 25.1 Å². The molecular formula is C15H21N5O. The van der Waals surface area contributed by atoms with Gasteiger partial charge in [-0.3, -0.25) is 0 Å². The summed E-state index contributed by atoms with van der Waals surface area (Å²) < 4.78 is 1.71. The Hall–Kier alpha value is -1.95. The minimum atomic E-state index is 0.274. The second-order valence-corrected chi connectivity index (χ2v) is 5.62. The predicted molar refractivity (Wildman–Crippen MR) is 80.2 cm³/mol. The number of aliphatic hydroxyl groups is 1. The van der Waals surface area contributed by atoms with E-state index in [1.807, 2.05) is 30.3 Å². The van der Waals surface area contributed by atoms with Gasteiger partial charge in [-0.05, 0) is 47.2 Å². The van der Waals surface area contributed by atoms with Crippen molar-refractivity contribution in [2.45, 2.75) is 25.7 Å². The zero-order chi connectivity index (χ0) is 14.5. The second kappa shape index (κ2) is 6.67. The van der Waals surface area contributed by atoms with Crippen LogP contribution >= 0.6 is 0 Å². The average molecular weight is 287 g/mol. The van der Waals surface area contributed by atoms with E-state index in [1.165, 1.54) is 12.8 Å². The minimum Gasteiger partial charge on any atom is -0.396 e. The number of hydrogen-bond acceptors (Lipinski definition) is 5. The third kappa shape index (κ3) is 3.21. The lowest BCUT2D eigenvalue weighted by Gasteiger charge is -2.30. The first-order valence-corrected chi connectivity index (χ1v) is 7.57. The van der Waals surface area contributed by atoms with E-state index in [0.29, 0.717) is 17.8 Å². The number of nitrogens with zero attached hydrogens (tertiary/aromatic N) is 4. The van der Waals surface area contributed by atoms with Crippen LogP contribution in [0.25, 0.3) is 5.69 Å². The first kappa shape index (κ1) is 14.0. The number of rotatable bonds is 5. The molecule has 2 atom stereocenters. The standard InChI is InChI=1S/C15H21N5O/c21-11-13-7-5-4-6-12(13)10-16-15-17-18-19-20(15)14-8-2-1-3-9-14/h1-3,8-9,12-13,21H,4-7,10-11H2,(H,16,17,19). The van der Waals surface area contributed by atoms with Gasteiger partial charge in [0, 0.05) is 13.2 Å². The molecule has 0 spiro atoms. The summed E-state index contributed by atoms with van der Waals surface area (Å²) >= 11 is 0. The van der Waals surface area contributed by atoms with Gasteiger partial charge >= 0.3 is 0 Å². The van der Waals surface area contributed by atoms with Crippen LogP contribution in [-0.2, 0) is 0 Å². The summed E-state index contributed by atoms with van der Waals surface area (Å²) in [6.45, 7) is 1.08. The molecule has 1 saturated carbocycles. The Labute approximate surface area is 124 Å². The highest BCUT2D eigenvalue weighted by molar-refractivity contribution is 5.38. The Kier molecular flexibility index (Phi) is 4.45. The SMILES string of the molecule is OCC1CCCCC1CNc1nnnn1-c1ccccc1. The predicted octanol–water partition coefficient (Wildman–Crippen LogP) is 1.87. The average Bonchev–Trinajstić information content (AvgIpc) is 3.02. The number of aliphatic hydroxyl groups excluding tert-OH is 1. The fourth-order valence-electron chi connectivity index (χ4n) is 3.06. The molecule has 2 unspecified atom stereocenters. The Morgan fingerprint density at radius 1 is 1.14 bits per heavy atom. The van der Waals surface area contributed by atoms with Crippen LogP contribution in [0.4, 0.5) is 5.95 Å². The van der Waals surface area contributed by atoms with Crippen LogP contribution in [0.1, 0.15) is 25.7 Å². The number of hydrogen-bond donors (Lipinski definition) is 2. The summed E-state index contributed by atoms with van der Waals surface area (Å²) in [7, 11) is 0. The van der Waals surface area contributed by atoms with Crippen molar-refractivity contribution in [1.82, 2.24) is 20.2 Å². The van der Waals surface area contributed by atoms with E-state index in [4.69, 9.17) is 0 Å². The number of aromatic nitrogens is 4. The van der Waals surface area contributed by atoms with Crippen LogP contribution in [-0.4, -0.2) is 38.5 Å². The molecule has 6 heteroatoms. The molecular weight excluding hydrogens is 266 g/mol. The summed E-state index contributed by atoms with van der Waals surface area (Å²) in [5.41, 5.74) is 0.937. The van der Waals surface area contributed by atoms with Crippen LogP contribution < -0.4 is 5.32 Å². The molecule has 1 fully saturated rings. The lowest BCUT2D eigenvalue weighted by Crippen LogP contribution is -2.29. The van der Waals surface area contributed by atoms with Gasteiger partial charge in [0.1, 0.15) is 0 Å². The maximum atomic E-state index is 9.48. The topological polar surface area (TPSA) is 75.9 Å². The molecule has 3 rings (SSSR count). The number of para-hydroxylation sites is 1. The number of nitrogens with one attached hydrogen (secondary N) is 1. The van der Waals surface area contributed by atoms with Gasteiger partial charge in [-0.15, -0.1) is 0 Å². The summed E-state index contributed by atoms with van der Waals surface area (Å²) in [4.78, 5) is 0. The molecule has 1 aliphatic carbocycles. The van der Waals surface area contributed by atoms with Crippen molar-refractivity contribution in [3.05, 3.63) is 30.3 Å². The van der Waals surface area contributed by atoms with Crippen molar-refractivity contribution in [3.63, 3.8) is 0 Å². The lowest BCUT2D eigenvalue weighted by molar-refractivity contribution is 0.141. The fraction of sp³-hybridized carbons (Fsp3) is 0.533. The minimum absolute atomic E-state index is 0.274. The Balaban J connectivity index is 1.67. The molecule has 1 heterocycles. The molecule has 1 aliphatic rings. The third-order valence-electron chi connectivity index (χ3n) is 4.29. The normalized spacial score (nSPS) is 22.1. The molecule has 0 amide bonds. The number of benzene rings is 1. The maximum Gasteiger partial charge on any atom is 0.247 e. The van der Waals surface area contributed by atoms with Gasteiger partial charge in [-0.2, -0.15) is 4.68 Å². The summed E-state index contributed by atoms with van der Waals surface area (Å²) in [6, 6.07) is 9.83. The van der Waals surface area contributed by atoms with Crippen molar-refractivity contribution in [2.75, 3.05) is 18.5 Å². The van der Waals surface area contributed by atoms with Crippen molar-refractivity contribution >= 4 is 5.95 Å². The largest absolute Gasteiger partial charge is 0.396 e. The summed E-state index contributed by atoms with van der Waals surface area (Å²) in [6.07, 6.45) is 4.74. The van der Waals surface area contributed by atoms with Gasteiger partial charge in [0.05, 0.1) is 5.69 Å². The van der Waals surface area contributed by atoms with E-state index in [2.05, 4.69) is 20.8 Å². The highest BCUT2D eigenvalue weighted by atomic mass is 16.3. The summed E-state index contributed by atoms with van der Waals surface area (Å²) in [5.74, 6) is 1.54. The Bertz CT molecular complexity index is 556. The van der Waals surface area contributed by atoms with Crippen molar-refractivity contribution in [1.29, 1.82) is 0 Å². The monoisotopic (exact) mass is 287 g/mol. The van der Waals surface area contributed by atoms with Gasteiger partial charge < -0.3 is 10.4 Å². The lowest BCUT2D eigenvalue weighted by atomic mass is 9.80. The molecule has 0 saturated heterocycles. The molecule has 1 aromatic heterocycles. The van der Waals surface area contributed by atoms with Gasteiger partial charge in [-0.1, -0.05) is 36.1 Å². The first-order chi connectivity index (χ1) is 10.4. The zero-order valence-electron chi connectivity index (χ0n) is 12.0. The van der Waals surface area contributed by atoms with E-state index in [-0.39, 0.29) is 6.61 Å². The highest BCUT2D eigenvalue weighted by Gasteiger charge is 2.24. The van der Waals surface area contributed by atoms with Gasteiger partial charge in [0.25, 0.3) is 0 Å². The molecule has 2 N–H and O–H groups in total. The molecule has 0 radical (unpaired) electrons. The van der Waals surface area contributed by atoms with E-state index in [1.54, 1.807) is 4.68 Å². The van der Waals surface area contributed by atoms with E-state index in [9.17, 15) is 5.11 Å². The Morgan fingerprint density at radius 3 is 2.67 bits per heavy atom. The van der Waals surface area contributed by atoms with Crippen LogP contribution in [0, 0.1) is 11.8 Å². The molecule has 6 nitrogen and oxygen atoms in total. The molecule has 21 heavy (non-hydrogen) atoms. The third-order valence-corrected chi connectivity index (χ3v) is 4.29. The van der Waals surface area contributed by atoms with E-state index < -0.39 is 0 Å². The molecule has 0 bridgehead atoms. The molecule has 112 valence electrons. The highest BCUT2D eigenvalue weighted by Crippen LogP contribution is 2.29. The molecule has 0 aliphatic heterocycles. The number of tetrazole rings is 1. The van der Waals surface area contributed by atoms with E-state index >= 15 is 0 Å². The maximum absolute atomic E-state index is 9.48. The van der Waals surface area contributed by atoms with Gasteiger partial charge in [-0.25, -0.2) is 0 Å². The van der Waals surface area contributed by atoms with Gasteiger partial charge in [0.2, 0.25) is 5.95 Å².